The van der Waals surface area contributed by atoms with Crippen molar-refractivity contribution in [2.45, 2.75) is 44.1 Å². The van der Waals surface area contributed by atoms with Gasteiger partial charge in [0.05, 0.1) is 7.05 Å². The third kappa shape index (κ3) is 4.32. The Kier molecular flexibility index (Phi) is 4.93. The molecule has 4 aliphatic rings. The molecule has 0 aliphatic heterocycles. The van der Waals surface area contributed by atoms with Gasteiger partial charge in [0.25, 0.3) is 11.8 Å². The molecule has 4 fully saturated rings. The molecule has 0 saturated heterocycles. The van der Waals surface area contributed by atoms with Crippen LogP contribution < -0.4 is 15.5 Å². The van der Waals surface area contributed by atoms with Crippen LogP contribution in [0.4, 0.5) is 10.1 Å². The highest BCUT2D eigenvalue weighted by Gasteiger charge is 2.51. The summed E-state index contributed by atoms with van der Waals surface area (Å²) in [6.07, 6.45) is 7.45. The summed E-state index contributed by atoms with van der Waals surface area (Å²) in [4.78, 5) is 25.6. The van der Waals surface area contributed by atoms with E-state index in [0.717, 1.165) is 41.9 Å². The molecule has 4 saturated carbocycles. The largest absolute Gasteiger partial charge is 0.346 e. The van der Waals surface area contributed by atoms with E-state index in [4.69, 9.17) is 0 Å². The first-order chi connectivity index (χ1) is 12.9. The molecule has 1 aromatic rings. The van der Waals surface area contributed by atoms with Gasteiger partial charge in [-0.1, -0.05) is 0 Å². The number of benzene rings is 1. The third-order valence-corrected chi connectivity index (χ3v) is 6.50. The lowest BCUT2D eigenvalue weighted by molar-refractivity contribution is -0.862. The van der Waals surface area contributed by atoms with E-state index in [1.165, 1.54) is 43.5 Å². The van der Waals surface area contributed by atoms with Crippen LogP contribution in [0.1, 0.15) is 38.5 Å². The van der Waals surface area contributed by atoms with Crippen LogP contribution >= 0.6 is 0 Å². The fraction of sp³-hybridized carbons (Fsp3) is 0.619. The normalized spacial score (nSPS) is 32.1. The van der Waals surface area contributed by atoms with Gasteiger partial charge >= 0.3 is 0 Å². The molecule has 27 heavy (non-hydrogen) atoms. The number of nitrogens with one attached hydrogen (secondary N) is 3. The average molecular weight is 374 g/mol. The fourth-order valence-electron chi connectivity index (χ4n) is 5.95. The van der Waals surface area contributed by atoms with E-state index in [9.17, 15) is 14.0 Å². The molecule has 2 amide bonds. The number of hydrogen-bond acceptors (Lipinski definition) is 2. The molecule has 5 rings (SSSR count). The molecule has 3 N–H and O–H groups in total. The number of anilines is 1. The second kappa shape index (κ2) is 7.23. The zero-order valence-electron chi connectivity index (χ0n) is 15.9. The van der Waals surface area contributed by atoms with Crippen LogP contribution in [0.3, 0.4) is 0 Å². The zero-order valence-corrected chi connectivity index (χ0v) is 15.9. The monoisotopic (exact) mass is 374 g/mol. The fourth-order valence-corrected chi connectivity index (χ4v) is 5.95. The van der Waals surface area contributed by atoms with Gasteiger partial charge < -0.3 is 15.5 Å². The number of rotatable bonds is 6. The molecule has 146 valence electrons. The van der Waals surface area contributed by atoms with E-state index in [0.29, 0.717) is 12.2 Å². The van der Waals surface area contributed by atoms with Crippen LogP contribution in [-0.4, -0.2) is 37.5 Å². The van der Waals surface area contributed by atoms with Crippen molar-refractivity contribution in [2.24, 2.45) is 17.8 Å². The first-order valence-corrected chi connectivity index (χ1v) is 10.1. The van der Waals surface area contributed by atoms with Gasteiger partial charge in [0.15, 0.2) is 13.1 Å². The maximum atomic E-state index is 12.9. The number of carbonyl (C=O) groups excluding carboxylic acids is 2. The number of halogens is 1. The first kappa shape index (κ1) is 18.4. The summed E-state index contributed by atoms with van der Waals surface area (Å²) in [5.74, 6) is 1.91. The van der Waals surface area contributed by atoms with Crippen molar-refractivity contribution in [3.63, 3.8) is 0 Å². The molecule has 1 aromatic carbocycles. The van der Waals surface area contributed by atoms with Gasteiger partial charge in [0.1, 0.15) is 5.82 Å². The van der Waals surface area contributed by atoms with Crippen molar-refractivity contribution in [3.8, 4) is 0 Å². The van der Waals surface area contributed by atoms with Crippen molar-refractivity contribution in [2.75, 3.05) is 25.5 Å². The summed E-state index contributed by atoms with van der Waals surface area (Å²) in [6.45, 7) is 0.490. The maximum Gasteiger partial charge on any atom is 0.279 e. The van der Waals surface area contributed by atoms with Crippen molar-refractivity contribution >= 4 is 17.5 Å². The molecule has 0 spiro atoms. The third-order valence-electron chi connectivity index (χ3n) is 6.50. The Hall–Kier alpha value is -1.95. The molecular formula is C21H29FN3O2+. The lowest BCUT2D eigenvalue weighted by Gasteiger charge is -2.56. The lowest BCUT2D eigenvalue weighted by atomic mass is 9.53. The van der Waals surface area contributed by atoms with Gasteiger partial charge in [-0.05, 0) is 80.5 Å². The Morgan fingerprint density at radius 3 is 2.07 bits per heavy atom. The minimum Gasteiger partial charge on any atom is -0.346 e. The second-order valence-electron chi connectivity index (χ2n) is 9.11. The maximum absolute atomic E-state index is 12.9. The predicted molar refractivity (Wildman–Crippen MR) is 101 cm³/mol. The zero-order chi connectivity index (χ0) is 19.0. The summed E-state index contributed by atoms with van der Waals surface area (Å²) in [5, 5.41) is 6.09. The molecular weight excluding hydrogens is 345 g/mol. The van der Waals surface area contributed by atoms with Crippen LogP contribution in [0.2, 0.25) is 0 Å². The van der Waals surface area contributed by atoms with Crippen LogP contribution in [0.15, 0.2) is 24.3 Å². The number of likely N-dealkylation sites (N-methyl/N-ethyl adjacent to an activating group) is 1. The predicted octanol–water partition coefficient (Wildman–Crippen LogP) is 1.36. The van der Waals surface area contributed by atoms with Crippen LogP contribution in [-0.2, 0) is 9.59 Å². The van der Waals surface area contributed by atoms with E-state index < -0.39 is 0 Å². The van der Waals surface area contributed by atoms with Crippen molar-refractivity contribution in [3.05, 3.63) is 30.1 Å². The number of amides is 2. The van der Waals surface area contributed by atoms with E-state index in [-0.39, 0.29) is 29.7 Å². The summed E-state index contributed by atoms with van der Waals surface area (Å²) in [6, 6.07) is 5.68. The van der Waals surface area contributed by atoms with E-state index in [1.807, 2.05) is 7.05 Å². The summed E-state index contributed by atoms with van der Waals surface area (Å²) in [7, 11) is 1.85. The highest BCUT2D eigenvalue weighted by atomic mass is 19.1. The minimum absolute atomic E-state index is 0.0164. The Bertz CT molecular complexity index is 683. The second-order valence-corrected chi connectivity index (χ2v) is 9.11. The standard InChI is InChI=1S/C21H28FN3O2/c1-25(12-19(26)23-18-4-2-17(22)3-5-18)13-20(27)24-21-9-14-6-15(10-21)8-16(7-14)11-21/h2-5,14-16H,6-13H2,1H3,(H,23,26)(H,24,27)/p+1. The van der Waals surface area contributed by atoms with Crippen LogP contribution in [0.5, 0.6) is 0 Å². The van der Waals surface area contributed by atoms with Gasteiger partial charge in [-0.15, -0.1) is 0 Å². The Morgan fingerprint density at radius 1 is 1.00 bits per heavy atom. The van der Waals surface area contributed by atoms with Gasteiger partial charge in [0.2, 0.25) is 0 Å². The molecule has 0 aromatic heterocycles. The molecule has 4 bridgehead atoms. The quantitative estimate of drug-likeness (QED) is 0.704. The van der Waals surface area contributed by atoms with Gasteiger partial charge in [0, 0.05) is 11.2 Å². The Labute approximate surface area is 159 Å². The number of carbonyl (C=O) groups is 2. The Balaban J connectivity index is 1.25. The summed E-state index contributed by atoms with van der Waals surface area (Å²) in [5.41, 5.74) is 0.579. The van der Waals surface area contributed by atoms with Crippen molar-refractivity contribution in [1.29, 1.82) is 0 Å². The minimum atomic E-state index is -0.336. The van der Waals surface area contributed by atoms with Crippen LogP contribution in [0.25, 0.3) is 0 Å². The summed E-state index contributed by atoms with van der Waals surface area (Å²) >= 11 is 0. The first-order valence-electron chi connectivity index (χ1n) is 10.1. The van der Waals surface area contributed by atoms with E-state index in [2.05, 4.69) is 10.6 Å². The molecule has 4 aliphatic carbocycles. The molecule has 0 heterocycles. The van der Waals surface area contributed by atoms with Gasteiger partial charge in [-0.25, -0.2) is 4.39 Å². The van der Waals surface area contributed by atoms with Gasteiger partial charge in [-0.3, -0.25) is 9.59 Å². The van der Waals surface area contributed by atoms with Crippen molar-refractivity contribution in [1.82, 2.24) is 5.32 Å². The lowest BCUT2D eigenvalue weighted by Crippen LogP contribution is -3.11. The SMILES string of the molecule is C[NH+](CC(=O)Nc1ccc(F)cc1)CC(=O)NC12CC3CC(CC(C3)C1)C2. The Morgan fingerprint density at radius 2 is 1.52 bits per heavy atom. The molecule has 6 heteroatoms. The highest BCUT2D eigenvalue weighted by Crippen LogP contribution is 2.55. The molecule has 5 nitrogen and oxygen atoms in total. The van der Waals surface area contributed by atoms with Crippen molar-refractivity contribution < 1.29 is 18.9 Å². The average Bonchev–Trinajstić information content (AvgIpc) is 2.54. The highest BCUT2D eigenvalue weighted by molar-refractivity contribution is 5.91. The number of hydrogen-bond donors (Lipinski definition) is 3. The summed E-state index contributed by atoms with van der Waals surface area (Å²) < 4.78 is 12.9. The smallest absolute Gasteiger partial charge is 0.279 e. The van der Waals surface area contributed by atoms with E-state index >= 15 is 0 Å². The molecule has 0 radical (unpaired) electrons. The van der Waals surface area contributed by atoms with Crippen LogP contribution in [0, 0.1) is 23.6 Å². The van der Waals surface area contributed by atoms with Gasteiger partial charge in [-0.2, -0.15) is 0 Å². The van der Waals surface area contributed by atoms with E-state index in [1.54, 1.807) is 0 Å². The molecule has 1 atom stereocenters. The topological polar surface area (TPSA) is 62.6 Å². The molecule has 1 unspecified atom stereocenters. The number of quaternary nitrogens is 1.